The number of halogens is 2. The molecule has 5 aromatic rings. The minimum Gasteiger partial charge on any atom is -0.481 e. The van der Waals surface area contributed by atoms with E-state index in [2.05, 4.69) is 30.4 Å². The normalized spacial score (nSPS) is 12.7. The molecule has 0 aliphatic carbocycles. The molecule has 6 nitrogen and oxygen atoms in total. The number of hydrogen-bond acceptors (Lipinski definition) is 3. The second kappa shape index (κ2) is 13.4. The fourth-order valence-electron chi connectivity index (χ4n) is 5.72. The number of nitrogens with zero attached hydrogens (tertiary/aromatic N) is 2. The first-order valence-corrected chi connectivity index (χ1v) is 15.1. The van der Waals surface area contributed by atoms with E-state index in [1.165, 1.54) is 0 Å². The predicted octanol–water partition coefficient (Wildman–Crippen LogP) is 8.56. The molecule has 220 valence electrons. The molecule has 2 N–H and O–H groups in total. The summed E-state index contributed by atoms with van der Waals surface area (Å²) in [6.45, 7) is 4.28. The van der Waals surface area contributed by atoms with Crippen LogP contribution in [0.5, 0.6) is 0 Å². The number of nitrogens with one attached hydrogen (secondary N) is 1. The van der Waals surface area contributed by atoms with Crippen molar-refractivity contribution in [3.05, 3.63) is 129 Å². The Morgan fingerprint density at radius 1 is 0.930 bits per heavy atom. The van der Waals surface area contributed by atoms with E-state index in [1.54, 1.807) is 12.1 Å². The average molecular weight is 615 g/mol. The number of carbonyl (C=O) groups is 2. The summed E-state index contributed by atoms with van der Waals surface area (Å²) in [5.74, 6) is -1.36. The quantitative estimate of drug-likeness (QED) is 0.156. The van der Waals surface area contributed by atoms with Crippen molar-refractivity contribution in [3.63, 3.8) is 0 Å². The van der Waals surface area contributed by atoms with Crippen molar-refractivity contribution >= 4 is 46.0 Å². The number of para-hydroxylation sites is 1. The molecular formula is C35H33Cl2N3O3. The van der Waals surface area contributed by atoms with E-state index in [4.69, 9.17) is 33.4 Å². The Morgan fingerprint density at radius 3 is 2.26 bits per heavy atom. The highest BCUT2D eigenvalue weighted by atomic mass is 35.5. The molecule has 1 heterocycles. The first-order valence-electron chi connectivity index (χ1n) is 14.4. The van der Waals surface area contributed by atoms with Crippen molar-refractivity contribution in [2.45, 2.75) is 44.9 Å². The van der Waals surface area contributed by atoms with Crippen LogP contribution >= 0.6 is 23.2 Å². The Morgan fingerprint density at radius 2 is 1.60 bits per heavy atom. The largest absolute Gasteiger partial charge is 0.481 e. The Kier molecular flexibility index (Phi) is 9.49. The van der Waals surface area contributed by atoms with Crippen molar-refractivity contribution in [1.82, 2.24) is 15.1 Å². The molecule has 8 heteroatoms. The van der Waals surface area contributed by atoms with Gasteiger partial charge in [-0.15, -0.1) is 0 Å². The topological polar surface area (TPSA) is 84.2 Å². The average Bonchev–Trinajstić information content (AvgIpc) is 3.37. The van der Waals surface area contributed by atoms with E-state index in [0.29, 0.717) is 15.6 Å². The van der Waals surface area contributed by atoms with Crippen LogP contribution in [-0.4, -0.2) is 33.3 Å². The Bertz CT molecular complexity index is 1730. The van der Waals surface area contributed by atoms with Crippen LogP contribution in [0.25, 0.3) is 16.6 Å². The number of carboxylic acids is 1. The minimum atomic E-state index is -0.954. The molecule has 4 aromatic carbocycles. The molecule has 0 saturated carbocycles. The van der Waals surface area contributed by atoms with Crippen LogP contribution in [0.3, 0.4) is 0 Å². The monoisotopic (exact) mass is 613 g/mol. The fourth-order valence-corrected chi connectivity index (χ4v) is 6.16. The van der Waals surface area contributed by atoms with E-state index >= 15 is 0 Å². The summed E-state index contributed by atoms with van der Waals surface area (Å²) in [4.78, 5) is 23.5. The molecule has 43 heavy (non-hydrogen) atoms. The number of aliphatic carboxylic acids is 1. The second-order valence-electron chi connectivity index (χ2n) is 10.7. The van der Waals surface area contributed by atoms with Crippen LogP contribution in [-0.2, 0) is 4.79 Å². The first-order chi connectivity index (χ1) is 20.8. The summed E-state index contributed by atoms with van der Waals surface area (Å²) >= 11 is 13.2. The predicted molar refractivity (Wildman–Crippen MR) is 173 cm³/mol. The molecule has 1 amide bonds. The second-order valence-corrected chi connectivity index (χ2v) is 11.6. The van der Waals surface area contributed by atoms with Gasteiger partial charge < -0.3 is 10.4 Å². The summed E-state index contributed by atoms with van der Waals surface area (Å²) in [6, 6.07) is 29.8. The van der Waals surface area contributed by atoms with Crippen LogP contribution in [0.1, 0.15) is 70.8 Å². The van der Waals surface area contributed by atoms with E-state index < -0.39 is 5.97 Å². The summed E-state index contributed by atoms with van der Waals surface area (Å²) in [7, 11) is 0. The van der Waals surface area contributed by atoms with Crippen LogP contribution < -0.4 is 5.32 Å². The van der Waals surface area contributed by atoms with E-state index in [-0.39, 0.29) is 30.7 Å². The smallest absolute Gasteiger partial charge is 0.305 e. The first kappa shape index (κ1) is 30.3. The van der Waals surface area contributed by atoms with Gasteiger partial charge in [0.2, 0.25) is 0 Å². The highest BCUT2D eigenvalue weighted by Gasteiger charge is 2.32. The highest BCUT2D eigenvalue weighted by molar-refractivity contribution is 6.35. The summed E-state index contributed by atoms with van der Waals surface area (Å²) < 4.78 is 2.02. The van der Waals surface area contributed by atoms with Gasteiger partial charge in [-0.05, 0) is 84.5 Å². The zero-order valence-corrected chi connectivity index (χ0v) is 25.6. The number of hydrogen-bond donors (Lipinski definition) is 2. The lowest BCUT2D eigenvalue weighted by molar-refractivity contribution is -0.136. The van der Waals surface area contributed by atoms with Crippen LogP contribution in [0, 0.1) is 6.92 Å². The number of aromatic nitrogens is 2. The number of benzene rings is 4. The van der Waals surface area contributed by atoms with Crippen LogP contribution in [0.2, 0.25) is 10.0 Å². The van der Waals surface area contributed by atoms with Gasteiger partial charge in [0.15, 0.2) is 0 Å². The standard InChI is InChI=1S/C35H33Cl2N3O3/c1-3-7-28(23-10-12-25(13-11-23)35(43)38-19-18-31(41)42)32(24-14-16-26(36)17-15-24)34-29-20-22(2)21-30(37)33(29)39-40(34)27-8-5-4-6-9-27/h4-6,8-17,20-21,28,32H,3,7,18-19H2,1-2H3,(H,38,43)(H,41,42). The van der Waals surface area contributed by atoms with Crippen LogP contribution in [0.4, 0.5) is 0 Å². The Labute approximate surface area is 261 Å². The lowest BCUT2D eigenvalue weighted by Gasteiger charge is -2.29. The van der Waals surface area contributed by atoms with Crippen molar-refractivity contribution in [3.8, 4) is 5.69 Å². The van der Waals surface area contributed by atoms with Gasteiger partial charge in [-0.1, -0.05) is 79.0 Å². The lowest BCUT2D eigenvalue weighted by Crippen LogP contribution is -2.26. The van der Waals surface area contributed by atoms with Gasteiger partial charge in [0, 0.05) is 28.4 Å². The third-order valence-corrected chi connectivity index (χ3v) is 8.20. The summed E-state index contributed by atoms with van der Waals surface area (Å²) in [5, 5.41) is 18.9. The lowest BCUT2D eigenvalue weighted by atomic mass is 9.76. The van der Waals surface area contributed by atoms with Gasteiger partial charge in [0.25, 0.3) is 5.91 Å². The summed E-state index contributed by atoms with van der Waals surface area (Å²) in [5.41, 5.74) is 6.41. The molecule has 0 saturated heterocycles. The van der Waals surface area contributed by atoms with Gasteiger partial charge >= 0.3 is 5.97 Å². The molecule has 0 aliphatic heterocycles. The molecule has 0 bridgehead atoms. The van der Waals surface area contributed by atoms with Crippen molar-refractivity contribution in [2.75, 3.05) is 6.54 Å². The zero-order valence-electron chi connectivity index (χ0n) is 24.1. The minimum absolute atomic E-state index is 0.0250. The van der Waals surface area contributed by atoms with E-state index in [1.807, 2.05) is 72.3 Å². The maximum atomic E-state index is 12.7. The molecule has 2 unspecified atom stereocenters. The molecule has 0 radical (unpaired) electrons. The van der Waals surface area contributed by atoms with Gasteiger partial charge in [-0.25, -0.2) is 4.68 Å². The molecule has 2 atom stereocenters. The number of carbonyl (C=O) groups excluding carboxylic acids is 1. The van der Waals surface area contributed by atoms with Crippen molar-refractivity contribution in [1.29, 1.82) is 0 Å². The van der Waals surface area contributed by atoms with Gasteiger partial charge in [-0.3, -0.25) is 9.59 Å². The molecule has 1 aromatic heterocycles. The van der Waals surface area contributed by atoms with Gasteiger partial charge in [-0.2, -0.15) is 5.10 Å². The molecule has 0 fully saturated rings. The van der Waals surface area contributed by atoms with Crippen molar-refractivity contribution in [2.24, 2.45) is 0 Å². The molecule has 5 rings (SSSR count). The number of aryl methyl sites for hydroxylation is 1. The SMILES string of the molecule is CCCC(c1ccc(C(=O)NCCC(=O)O)cc1)C(c1ccc(Cl)cc1)c1c2cc(C)cc(Cl)c2nn1-c1ccccc1. The van der Waals surface area contributed by atoms with Gasteiger partial charge in [0.1, 0.15) is 5.52 Å². The maximum Gasteiger partial charge on any atom is 0.305 e. The zero-order chi connectivity index (χ0) is 30.5. The van der Waals surface area contributed by atoms with E-state index in [0.717, 1.165) is 51.8 Å². The van der Waals surface area contributed by atoms with Crippen molar-refractivity contribution < 1.29 is 14.7 Å². The van der Waals surface area contributed by atoms with E-state index in [9.17, 15) is 9.59 Å². The third-order valence-electron chi connectivity index (χ3n) is 7.66. The van der Waals surface area contributed by atoms with Gasteiger partial charge in [0.05, 0.1) is 22.8 Å². The Balaban J connectivity index is 1.68. The maximum absolute atomic E-state index is 12.7. The Hall–Kier alpha value is -4.13. The highest BCUT2D eigenvalue weighted by Crippen LogP contribution is 2.45. The number of fused-ring (bicyclic) bond motifs is 1. The number of amides is 1. The third kappa shape index (κ3) is 6.76. The molecular weight excluding hydrogens is 581 g/mol. The fraction of sp³-hybridized carbons (Fsp3) is 0.229. The number of rotatable bonds is 11. The number of carboxylic acid groups (broad SMARTS) is 1. The molecule has 0 spiro atoms. The van der Waals surface area contributed by atoms with Crippen LogP contribution in [0.15, 0.2) is 91.0 Å². The molecule has 0 aliphatic rings. The summed E-state index contributed by atoms with van der Waals surface area (Å²) in [6.07, 6.45) is 1.68.